The van der Waals surface area contributed by atoms with Gasteiger partial charge in [0.15, 0.2) is 0 Å². The number of aromatic nitrogens is 2. The lowest BCUT2D eigenvalue weighted by Crippen LogP contribution is -2.52. The highest BCUT2D eigenvalue weighted by atomic mass is 16.6. The molecule has 0 aliphatic heterocycles. The first-order valence-electron chi connectivity index (χ1n) is 11.9. The summed E-state index contributed by atoms with van der Waals surface area (Å²) < 4.78 is 7.75. The second-order valence-electron chi connectivity index (χ2n) is 10.2. The Morgan fingerprint density at radius 2 is 1.65 bits per heavy atom. The molecule has 2 heterocycles. The molecule has 1 amide bonds. The molecule has 2 aromatic carbocycles. The Hall–Kier alpha value is -3.60. The Balaban J connectivity index is 1.53. The largest absolute Gasteiger partial charge is 0.444 e. The van der Waals surface area contributed by atoms with Crippen molar-refractivity contribution in [1.29, 1.82) is 0 Å². The number of alkyl carbamates (subject to hydrolysis) is 1. The van der Waals surface area contributed by atoms with Crippen molar-refractivity contribution in [2.45, 2.75) is 58.1 Å². The van der Waals surface area contributed by atoms with Gasteiger partial charge in [0, 0.05) is 16.8 Å². The number of imidazole rings is 1. The molecule has 1 fully saturated rings. The standard InChI is InChI=1S/C29H31N3O2/c1-20-10-8-13-24-30-25(26(32(20)24)22-11-6-5-7-12-22)21-14-16-23(17-15-21)29(18-9-19-29)31-27(33)34-28(2,3)4/h5-8,10-17H,9,18-19H2,1-4H3,(H,31,33). The Morgan fingerprint density at radius 3 is 2.26 bits per heavy atom. The SMILES string of the molecule is Cc1cccc2nc(-c3ccc(C4(NC(=O)OC(C)(C)C)CCC4)cc3)c(-c3ccccc3)n12. The summed E-state index contributed by atoms with van der Waals surface area (Å²) in [6.45, 7) is 7.76. The maximum Gasteiger partial charge on any atom is 0.408 e. The van der Waals surface area contributed by atoms with Gasteiger partial charge in [0.2, 0.25) is 0 Å². The fraction of sp³-hybridized carbons (Fsp3) is 0.310. The van der Waals surface area contributed by atoms with Crippen LogP contribution in [0.25, 0.3) is 28.2 Å². The van der Waals surface area contributed by atoms with E-state index in [1.54, 1.807) is 0 Å². The molecule has 0 unspecified atom stereocenters. The van der Waals surface area contributed by atoms with Crippen LogP contribution in [0.3, 0.4) is 0 Å². The summed E-state index contributed by atoms with van der Waals surface area (Å²) in [6, 6.07) is 25.1. The minimum absolute atomic E-state index is 0.362. The van der Waals surface area contributed by atoms with Gasteiger partial charge in [-0.3, -0.25) is 4.40 Å². The van der Waals surface area contributed by atoms with E-state index in [2.05, 4.69) is 71.2 Å². The lowest BCUT2D eigenvalue weighted by Gasteiger charge is -2.43. The predicted octanol–water partition coefficient (Wildman–Crippen LogP) is 6.88. The number of rotatable bonds is 4. The second kappa shape index (κ2) is 8.32. The number of pyridine rings is 1. The third kappa shape index (κ3) is 4.07. The molecule has 0 radical (unpaired) electrons. The summed E-state index contributed by atoms with van der Waals surface area (Å²) in [4.78, 5) is 17.5. The lowest BCUT2D eigenvalue weighted by atomic mass is 9.71. The highest BCUT2D eigenvalue weighted by Gasteiger charge is 2.41. The Morgan fingerprint density at radius 1 is 0.941 bits per heavy atom. The van der Waals surface area contributed by atoms with E-state index in [0.717, 1.165) is 58.7 Å². The third-order valence-corrected chi connectivity index (χ3v) is 6.54. The van der Waals surface area contributed by atoms with Gasteiger partial charge in [-0.2, -0.15) is 0 Å². The highest BCUT2D eigenvalue weighted by molar-refractivity contribution is 5.82. The number of fused-ring (bicyclic) bond motifs is 1. The average Bonchev–Trinajstić information content (AvgIpc) is 3.17. The topological polar surface area (TPSA) is 55.6 Å². The van der Waals surface area contributed by atoms with Crippen molar-refractivity contribution in [3.05, 3.63) is 84.1 Å². The Labute approximate surface area is 200 Å². The number of hydrogen-bond donors (Lipinski definition) is 1. The van der Waals surface area contributed by atoms with Crippen LogP contribution in [0.1, 0.15) is 51.3 Å². The van der Waals surface area contributed by atoms with E-state index in [4.69, 9.17) is 9.72 Å². The van der Waals surface area contributed by atoms with Gasteiger partial charge in [-0.05, 0) is 64.7 Å². The van der Waals surface area contributed by atoms with Crippen molar-refractivity contribution in [3.8, 4) is 22.5 Å². The minimum Gasteiger partial charge on any atom is -0.444 e. The molecule has 0 bridgehead atoms. The van der Waals surface area contributed by atoms with Crippen LogP contribution >= 0.6 is 0 Å². The van der Waals surface area contributed by atoms with Crippen LogP contribution in [0.15, 0.2) is 72.8 Å². The molecule has 1 aliphatic rings. The smallest absolute Gasteiger partial charge is 0.408 e. The fourth-order valence-corrected chi connectivity index (χ4v) is 4.78. The van der Waals surface area contributed by atoms with Gasteiger partial charge < -0.3 is 10.1 Å². The van der Waals surface area contributed by atoms with E-state index in [1.807, 2.05) is 39.0 Å². The molecule has 34 heavy (non-hydrogen) atoms. The summed E-state index contributed by atoms with van der Waals surface area (Å²) in [5.41, 5.74) is 6.52. The quantitative estimate of drug-likeness (QED) is 0.366. The monoisotopic (exact) mass is 453 g/mol. The first-order valence-corrected chi connectivity index (χ1v) is 11.9. The van der Waals surface area contributed by atoms with Gasteiger partial charge in [-0.15, -0.1) is 0 Å². The molecule has 174 valence electrons. The highest BCUT2D eigenvalue weighted by Crippen LogP contribution is 2.42. The van der Waals surface area contributed by atoms with Crippen LogP contribution in [-0.2, 0) is 10.3 Å². The molecule has 5 heteroatoms. The molecule has 1 saturated carbocycles. The molecule has 0 spiro atoms. The van der Waals surface area contributed by atoms with Crippen molar-refractivity contribution in [2.24, 2.45) is 0 Å². The van der Waals surface area contributed by atoms with Gasteiger partial charge >= 0.3 is 6.09 Å². The summed E-state index contributed by atoms with van der Waals surface area (Å²) >= 11 is 0. The number of benzene rings is 2. The van der Waals surface area contributed by atoms with Crippen LogP contribution < -0.4 is 5.32 Å². The number of nitrogens with zero attached hydrogens (tertiary/aromatic N) is 2. The summed E-state index contributed by atoms with van der Waals surface area (Å²) in [5, 5.41) is 3.15. The van der Waals surface area contributed by atoms with Crippen LogP contribution in [0.4, 0.5) is 4.79 Å². The number of amides is 1. The fourth-order valence-electron chi connectivity index (χ4n) is 4.78. The zero-order chi connectivity index (χ0) is 23.9. The number of hydrogen-bond acceptors (Lipinski definition) is 3. The summed E-state index contributed by atoms with van der Waals surface area (Å²) in [7, 11) is 0. The van der Waals surface area contributed by atoms with Crippen LogP contribution in [0, 0.1) is 6.92 Å². The maximum atomic E-state index is 12.5. The van der Waals surface area contributed by atoms with E-state index in [0.29, 0.717) is 0 Å². The molecular formula is C29H31N3O2. The average molecular weight is 454 g/mol. The van der Waals surface area contributed by atoms with Gasteiger partial charge in [0.05, 0.1) is 16.9 Å². The third-order valence-electron chi connectivity index (χ3n) is 6.54. The molecule has 0 atom stereocenters. The molecular weight excluding hydrogens is 422 g/mol. The predicted molar refractivity (Wildman–Crippen MR) is 136 cm³/mol. The maximum absolute atomic E-state index is 12.5. The van der Waals surface area contributed by atoms with E-state index in [1.165, 1.54) is 0 Å². The van der Waals surface area contributed by atoms with Crippen molar-refractivity contribution in [2.75, 3.05) is 0 Å². The number of carbonyl (C=O) groups is 1. The summed E-state index contributed by atoms with van der Waals surface area (Å²) in [6.07, 6.45) is 2.54. The number of aryl methyl sites for hydroxylation is 1. The van der Waals surface area contributed by atoms with E-state index >= 15 is 0 Å². The van der Waals surface area contributed by atoms with Crippen molar-refractivity contribution >= 4 is 11.7 Å². The Kier molecular flexibility index (Phi) is 5.43. The van der Waals surface area contributed by atoms with E-state index in [9.17, 15) is 4.79 Å². The van der Waals surface area contributed by atoms with Crippen LogP contribution in [0.5, 0.6) is 0 Å². The van der Waals surface area contributed by atoms with Crippen molar-refractivity contribution in [3.63, 3.8) is 0 Å². The van der Waals surface area contributed by atoms with Gasteiger partial charge in [0.1, 0.15) is 11.2 Å². The first-order chi connectivity index (χ1) is 16.3. The number of carbonyl (C=O) groups excluding carboxylic acids is 1. The Bertz CT molecular complexity index is 1330. The molecule has 2 aromatic heterocycles. The zero-order valence-corrected chi connectivity index (χ0v) is 20.3. The first kappa shape index (κ1) is 22.2. The molecule has 0 saturated heterocycles. The number of ether oxygens (including phenoxy) is 1. The zero-order valence-electron chi connectivity index (χ0n) is 20.3. The van der Waals surface area contributed by atoms with E-state index in [-0.39, 0.29) is 11.6 Å². The summed E-state index contributed by atoms with van der Waals surface area (Å²) in [5.74, 6) is 0. The number of nitrogens with one attached hydrogen (secondary N) is 1. The van der Waals surface area contributed by atoms with E-state index < -0.39 is 5.60 Å². The molecule has 4 aromatic rings. The molecule has 5 nitrogen and oxygen atoms in total. The lowest BCUT2D eigenvalue weighted by molar-refractivity contribution is 0.0377. The van der Waals surface area contributed by atoms with Crippen LogP contribution in [-0.4, -0.2) is 21.1 Å². The molecule has 5 rings (SSSR count). The van der Waals surface area contributed by atoms with Gasteiger partial charge in [0.25, 0.3) is 0 Å². The molecule has 1 N–H and O–H groups in total. The van der Waals surface area contributed by atoms with Crippen molar-refractivity contribution in [1.82, 2.24) is 14.7 Å². The molecule has 1 aliphatic carbocycles. The second-order valence-corrected chi connectivity index (χ2v) is 10.2. The minimum atomic E-state index is -0.520. The van der Waals surface area contributed by atoms with Crippen LogP contribution in [0.2, 0.25) is 0 Å². The van der Waals surface area contributed by atoms with Crippen molar-refractivity contribution < 1.29 is 9.53 Å². The normalized spacial score (nSPS) is 15.1. The van der Waals surface area contributed by atoms with Gasteiger partial charge in [-0.25, -0.2) is 9.78 Å². The van der Waals surface area contributed by atoms with Gasteiger partial charge in [-0.1, -0.05) is 60.7 Å².